The monoisotopic (exact) mass is 319 g/mol. The van der Waals surface area contributed by atoms with Crippen LogP contribution in [-0.4, -0.2) is 46.9 Å². The molecule has 0 amide bonds. The summed E-state index contributed by atoms with van der Waals surface area (Å²) in [5.74, 6) is 0.779. The SMILES string of the molecule is Cc1cc(N=CN2CCOCC2)n2c(nc3ccccc32)c1C#N. The molecule has 120 valence electrons. The van der Waals surface area contributed by atoms with E-state index in [0.717, 1.165) is 48.7 Å². The van der Waals surface area contributed by atoms with Crippen molar-refractivity contribution in [3.63, 3.8) is 0 Å². The smallest absolute Gasteiger partial charge is 0.157 e. The van der Waals surface area contributed by atoms with E-state index in [-0.39, 0.29) is 0 Å². The van der Waals surface area contributed by atoms with Crippen molar-refractivity contribution >= 4 is 28.8 Å². The summed E-state index contributed by atoms with van der Waals surface area (Å²) in [6, 6.07) is 12.1. The summed E-state index contributed by atoms with van der Waals surface area (Å²) in [4.78, 5) is 11.5. The molecule has 0 N–H and O–H groups in total. The van der Waals surface area contributed by atoms with Crippen LogP contribution in [0.5, 0.6) is 0 Å². The first kappa shape index (κ1) is 14.7. The number of aryl methyl sites for hydroxylation is 1. The average Bonchev–Trinajstić information content (AvgIpc) is 3.00. The zero-order chi connectivity index (χ0) is 16.5. The Morgan fingerprint density at radius 2 is 2.08 bits per heavy atom. The molecule has 1 aliphatic heterocycles. The molecule has 1 aromatic carbocycles. The van der Waals surface area contributed by atoms with Crippen molar-refractivity contribution < 1.29 is 4.74 Å². The number of para-hydroxylation sites is 2. The number of hydrogen-bond donors (Lipinski definition) is 0. The summed E-state index contributed by atoms with van der Waals surface area (Å²) >= 11 is 0. The summed E-state index contributed by atoms with van der Waals surface area (Å²) in [5.41, 5.74) is 3.96. The minimum atomic E-state index is 0.594. The second-order valence-corrected chi connectivity index (χ2v) is 5.82. The number of imidazole rings is 1. The maximum absolute atomic E-state index is 9.50. The van der Waals surface area contributed by atoms with Gasteiger partial charge in [0.05, 0.1) is 36.1 Å². The van der Waals surface area contributed by atoms with Crippen LogP contribution in [0.4, 0.5) is 5.82 Å². The fourth-order valence-corrected chi connectivity index (χ4v) is 3.00. The first-order valence-electron chi connectivity index (χ1n) is 7.95. The number of hydrogen-bond acceptors (Lipinski definition) is 4. The van der Waals surface area contributed by atoms with Crippen molar-refractivity contribution in [2.75, 3.05) is 26.3 Å². The minimum Gasteiger partial charge on any atom is -0.378 e. The first-order valence-corrected chi connectivity index (χ1v) is 7.95. The molecule has 0 atom stereocenters. The molecule has 0 radical (unpaired) electrons. The van der Waals surface area contributed by atoms with Gasteiger partial charge < -0.3 is 9.64 Å². The topological polar surface area (TPSA) is 65.9 Å². The van der Waals surface area contributed by atoms with E-state index < -0.39 is 0 Å². The lowest BCUT2D eigenvalue weighted by molar-refractivity contribution is 0.0701. The Labute approximate surface area is 139 Å². The van der Waals surface area contributed by atoms with Crippen molar-refractivity contribution in [2.24, 2.45) is 4.99 Å². The van der Waals surface area contributed by atoms with Crippen molar-refractivity contribution in [2.45, 2.75) is 6.92 Å². The molecule has 24 heavy (non-hydrogen) atoms. The van der Waals surface area contributed by atoms with Crippen molar-refractivity contribution in [1.29, 1.82) is 5.26 Å². The molecule has 0 aliphatic carbocycles. The van der Waals surface area contributed by atoms with Crippen LogP contribution in [0.1, 0.15) is 11.1 Å². The molecular weight excluding hydrogens is 302 g/mol. The molecule has 6 nitrogen and oxygen atoms in total. The number of nitriles is 1. The maximum Gasteiger partial charge on any atom is 0.157 e. The number of benzene rings is 1. The van der Waals surface area contributed by atoms with E-state index in [0.29, 0.717) is 11.2 Å². The number of nitrogens with zero attached hydrogens (tertiary/aromatic N) is 5. The molecule has 0 bridgehead atoms. The quantitative estimate of drug-likeness (QED) is 0.538. The van der Waals surface area contributed by atoms with Gasteiger partial charge in [-0.25, -0.2) is 9.98 Å². The van der Waals surface area contributed by atoms with Crippen molar-refractivity contribution in [1.82, 2.24) is 14.3 Å². The van der Waals surface area contributed by atoms with E-state index in [1.807, 2.05) is 48.0 Å². The Balaban J connectivity index is 1.91. The van der Waals surface area contributed by atoms with Gasteiger partial charge in [0, 0.05) is 13.1 Å². The molecule has 1 fully saturated rings. The van der Waals surface area contributed by atoms with E-state index in [1.165, 1.54) is 0 Å². The lowest BCUT2D eigenvalue weighted by Crippen LogP contribution is -2.35. The molecule has 4 rings (SSSR count). The molecule has 6 heteroatoms. The van der Waals surface area contributed by atoms with Crippen LogP contribution in [-0.2, 0) is 4.74 Å². The Hall–Kier alpha value is -2.91. The van der Waals surface area contributed by atoms with Crippen LogP contribution in [0.3, 0.4) is 0 Å². The molecular formula is C18H17N5O. The lowest BCUT2D eigenvalue weighted by Gasteiger charge is -2.24. The van der Waals surface area contributed by atoms with Crippen molar-refractivity contribution in [3.05, 3.63) is 41.5 Å². The number of morpholine rings is 1. The second kappa shape index (κ2) is 5.95. The number of pyridine rings is 1. The van der Waals surface area contributed by atoms with Gasteiger partial charge in [-0.2, -0.15) is 5.26 Å². The maximum atomic E-state index is 9.50. The zero-order valence-electron chi connectivity index (χ0n) is 13.4. The first-order chi connectivity index (χ1) is 11.8. The van der Waals surface area contributed by atoms with E-state index in [9.17, 15) is 5.26 Å². The van der Waals surface area contributed by atoms with E-state index >= 15 is 0 Å². The zero-order valence-corrected chi connectivity index (χ0v) is 13.4. The third kappa shape index (κ3) is 2.39. The summed E-state index contributed by atoms with van der Waals surface area (Å²) in [5, 5.41) is 9.50. The third-order valence-electron chi connectivity index (χ3n) is 4.26. The average molecular weight is 319 g/mol. The molecule has 0 unspecified atom stereocenters. The van der Waals surface area contributed by atoms with Crippen LogP contribution < -0.4 is 0 Å². The van der Waals surface area contributed by atoms with Crippen LogP contribution in [0.25, 0.3) is 16.7 Å². The minimum absolute atomic E-state index is 0.594. The Kier molecular flexibility index (Phi) is 3.63. The molecule has 0 saturated carbocycles. The standard InChI is InChI=1S/C18H17N5O/c1-13-10-17(20-12-22-6-8-24-9-7-22)23-16-5-3-2-4-15(16)21-18(23)14(13)11-19/h2-5,10,12H,6-9H2,1H3. The second-order valence-electron chi connectivity index (χ2n) is 5.82. The third-order valence-corrected chi connectivity index (χ3v) is 4.26. The highest BCUT2D eigenvalue weighted by Gasteiger charge is 2.14. The van der Waals surface area contributed by atoms with Gasteiger partial charge in [0.25, 0.3) is 0 Å². The fraction of sp³-hybridized carbons (Fsp3) is 0.278. The summed E-state index contributed by atoms with van der Waals surface area (Å²) in [6.07, 6.45) is 1.86. The highest BCUT2D eigenvalue weighted by molar-refractivity contribution is 5.85. The number of fused-ring (bicyclic) bond motifs is 3. The van der Waals surface area contributed by atoms with Crippen LogP contribution in [0.15, 0.2) is 35.3 Å². The predicted molar refractivity (Wildman–Crippen MR) is 92.7 cm³/mol. The number of aliphatic imine (C=N–C) groups is 1. The van der Waals surface area contributed by atoms with Gasteiger partial charge in [0.1, 0.15) is 11.9 Å². The fourth-order valence-electron chi connectivity index (χ4n) is 3.00. The number of aromatic nitrogens is 2. The molecule has 3 heterocycles. The normalized spacial score (nSPS) is 15.4. The van der Waals surface area contributed by atoms with Crippen LogP contribution in [0, 0.1) is 18.3 Å². The van der Waals surface area contributed by atoms with E-state index in [4.69, 9.17) is 4.74 Å². The summed E-state index contributed by atoms with van der Waals surface area (Å²) in [7, 11) is 0. The Morgan fingerprint density at radius 1 is 1.29 bits per heavy atom. The molecule has 2 aromatic heterocycles. The van der Waals surface area contributed by atoms with Crippen molar-refractivity contribution in [3.8, 4) is 6.07 Å². The number of rotatable bonds is 2. The molecule has 3 aromatic rings. The molecule has 1 aliphatic rings. The summed E-state index contributed by atoms with van der Waals surface area (Å²) < 4.78 is 7.32. The molecule has 1 saturated heterocycles. The molecule has 0 spiro atoms. The van der Waals surface area contributed by atoms with Crippen LogP contribution in [0.2, 0.25) is 0 Å². The highest BCUT2D eigenvalue weighted by Crippen LogP contribution is 2.27. The van der Waals surface area contributed by atoms with E-state index in [1.54, 1.807) is 0 Å². The lowest BCUT2D eigenvalue weighted by atomic mass is 10.1. The van der Waals surface area contributed by atoms with Gasteiger partial charge in [-0.15, -0.1) is 0 Å². The predicted octanol–water partition coefficient (Wildman–Crippen LogP) is 2.66. The number of ether oxygens (including phenoxy) is 1. The van der Waals surface area contributed by atoms with Gasteiger partial charge in [-0.3, -0.25) is 4.40 Å². The Morgan fingerprint density at radius 3 is 2.88 bits per heavy atom. The van der Waals surface area contributed by atoms with Crippen LogP contribution >= 0.6 is 0 Å². The van der Waals surface area contributed by atoms with Gasteiger partial charge in [-0.1, -0.05) is 12.1 Å². The van der Waals surface area contributed by atoms with Gasteiger partial charge in [-0.05, 0) is 30.7 Å². The largest absolute Gasteiger partial charge is 0.378 e. The van der Waals surface area contributed by atoms with Gasteiger partial charge in [0.2, 0.25) is 0 Å². The van der Waals surface area contributed by atoms with Gasteiger partial charge >= 0.3 is 0 Å². The van der Waals surface area contributed by atoms with E-state index in [2.05, 4.69) is 20.9 Å². The summed E-state index contributed by atoms with van der Waals surface area (Å²) in [6.45, 7) is 5.05. The van der Waals surface area contributed by atoms with Gasteiger partial charge in [0.15, 0.2) is 5.65 Å². The highest BCUT2D eigenvalue weighted by atomic mass is 16.5. The Bertz CT molecular complexity index is 976.